The van der Waals surface area contributed by atoms with Crippen molar-refractivity contribution in [1.82, 2.24) is 4.57 Å². The maximum absolute atomic E-state index is 6.78. The van der Waals surface area contributed by atoms with Crippen molar-refractivity contribution in [3.05, 3.63) is 140 Å². The highest BCUT2D eigenvalue weighted by atomic mass is 27.2. The summed E-state index contributed by atoms with van der Waals surface area (Å²) in [5, 5.41) is 2.52. The Bertz CT molecular complexity index is 2060. The number of hydrogen-bond donors (Lipinski definition) is 0. The van der Waals surface area contributed by atoms with Crippen LogP contribution >= 0.6 is 0 Å². The van der Waals surface area contributed by atoms with Gasteiger partial charge in [-0.25, -0.2) is 0 Å². The second-order valence-corrected chi connectivity index (χ2v) is 13.2. The fourth-order valence-electron chi connectivity index (χ4n) is 6.82. The summed E-state index contributed by atoms with van der Waals surface area (Å²) in [6.07, 6.45) is 0. The van der Waals surface area contributed by atoms with Crippen LogP contribution in [0.2, 0.25) is 0 Å². The number of para-hydroxylation sites is 5. The molecule has 3 heterocycles. The third kappa shape index (κ3) is 3.01. The van der Waals surface area contributed by atoms with Gasteiger partial charge in [0, 0.05) is 33.9 Å². The Morgan fingerprint density at radius 3 is 1.88 bits per heavy atom. The zero-order valence-electron chi connectivity index (χ0n) is 21.7. The monoisotopic (exact) mass is 526 g/mol. The minimum Gasteiger partial charge on any atom is -0.460 e. The predicted molar refractivity (Wildman–Crippen MR) is 167 cm³/mol. The molecule has 0 N–H and O–H groups in total. The molecule has 9 rings (SSSR count). The molecular formula is C36H23AlN2O. The van der Waals surface area contributed by atoms with E-state index in [9.17, 15) is 0 Å². The first kappa shape index (κ1) is 22.1. The van der Waals surface area contributed by atoms with Crippen molar-refractivity contribution in [2.45, 2.75) is 0 Å². The smallest absolute Gasteiger partial charge is 0.402 e. The van der Waals surface area contributed by atoms with E-state index in [1.807, 2.05) is 0 Å². The Labute approximate surface area is 236 Å². The Morgan fingerprint density at radius 2 is 1.10 bits per heavy atom. The molecule has 40 heavy (non-hydrogen) atoms. The van der Waals surface area contributed by atoms with Gasteiger partial charge in [-0.1, -0.05) is 99.8 Å². The van der Waals surface area contributed by atoms with E-state index < -0.39 is 14.1 Å². The van der Waals surface area contributed by atoms with Crippen molar-refractivity contribution in [3.8, 4) is 17.2 Å². The molecule has 0 amide bonds. The summed E-state index contributed by atoms with van der Waals surface area (Å²) >= 11 is -1.79. The van der Waals surface area contributed by atoms with Crippen molar-refractivity contribution in [2.24, 2.45) is 0 Å². The van der Waals surface area contributed by atoms with E-state index in [0.29, 0.717) is 0 Å². The average Bonchev–Trinajstić information content (AvgIpc) is 3.35. The van der Waals surface area contributed by atoms with Gasteiger partial charge in [-0.15, -0.1) is 0 Å². The average molecular weight is 527 g/mol. The van der Waals surface area contributed by atoms with E-state index in [2.05, 4.69) is 149 Å². The van der Waals surface area contributed by atoms with Crippen molar-refractivity contribution in [2.75, 3.05) is 4.90 Å². The third-order valence-corrected chi connectivity index (χ3v) is 11.8. The highest BCUT2D eigenvalue weighted by molar-refractivity contribution is 6.99. The predicted octanol–water partition coefficient (Wildman–Crippen LogP) is 7.19. The fourth-order valence-corrected chi connectivity index (χ4v) is 10.3. The topological polar surface area (TPSA) is 17.4 Å². The van der Waals surface area contributed by atoms with E-state index in [0.717, 1.165) is 22.9 Å². The molecule has 0 saturated heterocycles. The number of anilines is 3. The maximum atomic E-state index is 6.78. The maximum Gasteiger partial charge on any atom is 0.402 e. The van der Waals surface area contributed by atoms with Gasteiger partial charge in [-0.05, 0) is 46.9 Å². The van der Waals surface area contributed by atoms with E-state index in [4.69, 9.17) is 4.74 Å². The van der Waals surface area contributed by atoms with Gasteiger partial charge in [0.25, 0.3) is 0 Å². The van der Waals surface area contributed by atoms with Gasteiger partial charge in [-0.3, -0.25) is 0 Å². The van der Waals surface area contributed by atoms with Crippen LogP contribution < -0.4 is 22.9 Å². The van der Waals surface area contributed by atoms with Gasteiger partial charge in [0.1, 0.15) is 11.5 Å². The standard InChI is InChI=1S/C36H23N2O.Al/c1-4-14-27(15-5-1)37(28-16-6-2-7-17-28)29-24-30(26-32(25-29)39-31-18-8-3-9-19-31)38-35-22-12-10-20-33(35)34-21-11-13-23-36(34)38;/h1-16,18,20-24,26H;. The van der Waals surface area contributed by atoms with Crippen LogP contribution in [0.25, 0.3) is 27.5 Å². The SMILES string of the molecule is c1ccc(N2c3cccc[c]3[Al]3[c]4ccccc4Oc4cc(-n5c6ccccc6c6ccccc65)cc2[c]43)cc1. The molecule has 0 radical (unpaired) electrons. The fraction of sp³-hybridized carbons (Fsp3) is 0. The van der Waals surface area contributed by atoms with Crippen molar-refractivity contribution in [3.63, 3.8) is 0 Å². The van der Waals surface area contributed by atoms with Crippen molar-refractivity contribution >= 4 is 66.3 Å². The summed E-state index contributed by atoms with van der Waals surface area (Å²) in [4.78, 5) is 2.44. The summed E-state index contributed by atoms with van der Waals surface area (Å²) in [5.41, 5.74) is 7.14. The van der Waals surface area contributed by atoms with Crippen molar-refractivity contribution in [1.29, 1.82) is 0 Å². The summed E-state index contributed by atoms with van der Waals surface area (Å²) in [6.45, 7) is 0. The molecule has 6 aromatic carbocycles. The van der Waals surface area contributed by atoms with Crippen molar-refractivity contribution < 1.29 is 4.74 Å². The first-order valence-electron chi connectivity index (χ1n) is 13.7. The molecule has 0 spiro atoms. The van der Waals surface area contributed by atoms with Crippen LogP contribution in [0.4, 0.5) is 17.1 Å². The molecule has 4 heteroatoms. The third-order valence-electron chi connectivity index (χ3n) is 8.43. The molecule has 1 aromatic heterocycles. The second-order valence-electron chi connectivity index (χ2n) is 10.5. The molecule has 0 atom stereocenters. The molecule has 186 valence electrons. The van der Waals surface area contributed by atoms with E-state index in [1.54, 1.807) is 0 Å². The van der Waals surface area contributed by atoms with Crippen LogP contribution in [0, 0.1) is 0 Å². The van der Waals surface area contributed by atoms with E-state index in [-0.39, 0.29) is 0 Å². The summed E-state index contributed by atoms with van der Waals surface area (Å²) in [5.74, 6) is 1.96. The van der Waals surface area contributed by atoms with Crippen LogP contribution in [-0.4, -0.2) is 18.7 Å². The number of benzene rings is 6. The normalized spacial score (nSPS) is 13.1. The van der Waals surface area contributed by atoms with Crippen LogP contribution in [-0.2, 0) is 0 Å². The summed E-state index contributed by atoms with van der Waals surface area (Å²) < 4.78 is 13.3. The Hall–Kier alpha value is -4.75. The Morgan fingerprint density at radius 1 is 0.475 bits per heavy atom. The van der Waals surface area contributed by atoms with Crippen LogP contribution in [0.1, 0.15) is 0 Å². The van der Waals surface area contributed by atoms with E-state index >= 15 is 0 Å². The Balaban J connectivity index is 1.41. The van der Waals surface area contributed by atoms with Gasteiger partial charge in [0.2, 0.25) is 0 Å². The lowest BCUT2D eigenvalue weighted by Crippen LogP contribution is -2.59. The zero-order chi connectivity index (χ0) is 26.2. The lowest BCUT2D eigenvalue weighted by molar-refractivity contribution is 0.487. The van der Waals surface area contributed by atoms with Gasteiger partial charge in [0.05, 0.1) is 16.7 Å². The largest absolute Gasteiger partial charge is 0.460 e. The number of aromatic nitrogens is 1. The molecule has 0 aliphatic carbocycles. The Kier molecular flexibility index (Phi) is 4.63. The highest BCUT2D eigenvalue weighted by Gasteiger charge is 2.43. The number of ether oxygens (including phenoxy) is 1. The minimum atomic E-state index is -1.79. The van der Waals surface area contributed by atoms with Gasteiger partial charge in [-0.2, -0.15) is 0 Å². The van der Waals surface area contributed by atoms with Crippen LogP contribution in [0.5, 0.6) is 11.5 Å². The molecule has 0 fully saturated rings. The summed E-state index contributed by atoms with van der Waals surface area (Å²) in [7, 11) is 0. The van der Waals surface area contributed by atoms with E-state index in [1.165, 1.54) is 46.5 Å². The minimum absolute atomic E-state index is 0.972. The van der Waals surface area contributed by atoms with Gasteiger partial charge in [0.15, 0.2) is 0 Å². The summed E-state index contributed by atoms with van der Waals surface area (Å²) in [6, 6.07) is 50.4. The molecule has 0 bridgehead atoms. The molecule has 2 aliphatic rings. The highest BCUT2D eigenvalue weighted by Crippen LogP contribution is 2.43. The number of hydrogen-bond acceptors (Lipinski definition) is 2. The number of rotatable bonds is 2. The molecule has 3 nitrogen and oxygen atoms in total. The first-order chi connectivity index (χ1) is 19.9. The van der Waals surface area contributed by atoms with Crippen LogP contribution in [0.3, 0.4) is 0 Å². The van der Waals surface area contributed by atoms with Crippen LogP contribution in [0.15, 0.2) is 140 Å². The molecular weight excluding hydrogens is 503 g/mol. The first-order valence-corrected chi connectivity index (χ1v) is 15.5. The molecule has 0 saturated carbocycles. The second kappa shape index (κ2) is 8.37. The van der Waals surface area contributed by atoms with Gasteiger partial charge < -0.3 is 14.2 Å². The molecule has 2 aliphatic heterocycles. The zero-order valence-corrected chi connectivity index (χ0v) is 22.8. The lowest BCUT2D eigenvalue weighted by atomic mass is 10.1. The molecule has 7 aromatic rings. The number of nitrogens with zero attached hydrogens (tertiary/aromatic N) is 2. The number of fused-ring (bicyclic) bond motifs is 7. The quantitative estimate of drug-likeness (QED) is 0.222. The van der Waals surface area contributed by atoms with Gasteiger partial charge >= 0.3 is 14.1 Å². The lowest BCUT2D eigenvalue weighted by Gasteiger charge is -2.40. The molecule has 0 unspecified atom stereocenters.